The van der Waals surface area contributed by atoms with Gasteiger partial charge in [0.15, 0.2) is 0 Å². The molecule has 0 radical (unpaired) electrons. The average Bonchev–Trinajstić information content (AvgIpc) is 2.16. The molecule has 0 amide bonds. The van der Waals surface area contributed by atoms with Crippen molar-refractivity contribution in [2.75, 3.05) is 18.8 Å². The van der Waals surface area contributed by atoms with Gasteiger partial charge in [-0.25, -0.2) is 0 Å². The SMILES string of the molecule is Cc1ccc(CS(=O)CC2CNC2)cc1. The fourth-order valence-corrected chi connectivity index (χ4v) is 3.10. The molecule has 0 bridgehead atoms. The Bertz CT molecular complexity index is 343. The van der Waals surface area contributed by atoms with Crippen molar-refractivity contribution in [3.63, 3.8) is 0 Å². The molecule has 1 atom stereocenters. The van der Waals surface area contributed by atoms with Crippen molar-refractivity contribution < 1.29 is 4.21 Å². The summed E-state index contributed by atoms with van der Waals surface area (Å²) < 4.78 is 11.8. The van der Waals surface area contributed by atoms with Crippen LogP contribution in [0.4, 0.5) is 0 Å². The van der Waals surface area contributed by atoms with E-state index in [-0.39, 0.29) is 0 Å². The van der Waals surface area contributed by atoms with E-state index in [1.807, 2.05) is 0 Å². The normalized spacial score (nSPS) is 18.5. The lowest BCUT2D eigenvalue weighted by Gasteiger charge is -2.26. The second-order valence-corrected chi connectivity index (χ2v) is 5.76. The molecule has 2 nitrogen and oxygen atoms in total. The van der Waals surface area contributed by atoms with Crippen molar-refractivity contribution in [1.82, 2.24) is 5.32 Å². The van der Waals surface area contributed by atoms with E-state index >= 15 is 0 Å². The Kier molecular flexibility index (Phi) is 3.54. The maximum absolute atomic E-state index is 11.8. The first-order valence-corrected chi connectivity index (χ1v) is 6.84. The summed E-state index contributed by atoms with van der Waals surface area (Å²) in [4.78, 5) is 0. The monoisotopic (exact) mass is 223 g/mol. The van der Waals surface area contributed by atoms with E-state index in [2.05, 4.69) is 36.5 Å². The molecule has 1 aliphatic heterocycles. The van der Waals surface area contributed by atoms with Gasteiger partial charge in [0.2, 0.25) is 0 Å². The number of hydrogen-bond acceptors (Lipinski definition) is 2. The summed E-state index contributed by atoms with van der Waals surface area (Å²) in [6, 6.07) is 8.31. The Labute approximate surface area is 93.5 Å². The van der Waals surface area contributed by atoms with Crippen LogP contribution in [0.25, 0.3) is 0 Å². The van der Waals surface area contributed by atoms with Crippen LogP contribution >= 0.6 is 0 Å². The Morgan fingerprint density at radius 3 is 2.53 bits per heavy atom. The molecule has 1 fully saturated rings. The van der Waals surface area contributed by atoms with Crippen molar-refractivity contribution >= 4 is 10.8 Å². The van der Waals surface area contributed by atoms with Crippen LogP contribution in [0.15, 0.2) is 24.3 Å². The molecule has 0 spiro atoms. The summed E-state index contributed by atoms with van der Waals surface area (Å²) in [5.74, 6) is 2.19. The van der Waals surface area contributed by atoms with Crippen LogP contribution in [-0.2, 0) is 16.6 Å². The molecule has 3 heteroatoms. The van der Waals surface area contributed by atoms with Gasteiger partial charge in [0.25, 0.3) is 0 Å². The minimum absolute atomic E-state index is 0.635. The first kappa shape index (κ1) is 10.8. The van der Waals surface area contributed by atoms with E-state index < -0.39 is 10.8 Å². The van der Waals surface area contributed by atoms with Gasteiger partial charge in [0, 0.05) is 35.4 Å². The van der Waals surface area contributed by atoms with Crippen molar-refractivity contribution in [2.24, 2.45) is 5.92 Å². The van der Waals surface area contributed by atoms with Crippen LogP contribution < -0.4 is 5.32 Å². The van der Waals surface area contributed by atoms with E-state index in [4.69, 9.17) is 0 Å². The largest absolute Gasteiger partial charge is 0.316 e. The Morgan fingerprint density at radius 2 is 2.00 bits per heavy atom. The highest BCUT2D eigenvalue weighted by molar-refractivity contribution is 7.84. The van der Waals surface area contributed by atoms with Gasteiger partial charge in [-0.3, -0.25) is 4.21 Å². The maximum Gasteiger partial charge on any atom is 0.0485 e. The van der Waals surface area contributed by atoms with Crippen LogP contribution in [0.3, 0.4) is 0 Å². The minimum atomic E-state index is -0.696. The zero-order valence-corrected chi connectivity index (χ0v) is 9.85. The number of rotatable bonds is 4. The summed E-state index contributed by atoms with van der Waals surface area (Å²) in [6.45, 7) is 4.15. The van der Waals surface area contributed by atoms with Crippen LogP contribution in [0.1, 0.15) is 11.1 Å². The van der Waals surface area contributed by atoms with Crippen LogP contribution in [0, 0.1) is 12.8 Å². The lowest BCUT2D eigenvalue weighted by Crippen LogP contribution is -2.44. The summed E-state index contributed by atoms with van der Waals surface area (Å²) in [5.41, 5.74) is 2.44. The molecule has 1 unspecified atom stereocenters. The van der Waals surface area contributed by atoms with Gasteiger partial charge in [-0.05, 0) is 18.4 Å². The van der Waals surface area contributed by atoms with E-state index in [0.717, 1.165) is 18.8 Å². The molecule has 2 rings (SSSR count). The Hall–Kier alpha value is -0.670. The topological polar surface area (TPSA) is 29.1 Å². The fraction of sp³-hybridized carbons (Fsp3) is 0.500. The number of benzene rings is 1. The van der Waals surface area contributed by atoms with E-state index in [1.54, 1.807) is 0 Å². The first-order valence-electron chi connectivity index (χ1n) is 5.35. The standard InChI is InChI=1S/C12H17NOS/c1-10-2-4-11(5-3-10)8-15(14)9-12-6-13-7-12/h2-5,12-13H,6-9H2,1H3. The molecule has 1 saturated heterocycles. The van der Waals surface area contributed by atoms with Crippen molar-refractivity contribution in [3.8, 4) is 0 Å². The lowest BCUT2D eigenvalue weighted by atomic mass is 10.1. The van der Waals surface area contributed by atoms with Gasteiger partial charge in [0.05, 0.1) is 0 Å². The molecule has 1 aliphatic rings. The molecule has 0 saturated carbocycles. The number of nitrogens with one attached hydrogen (secondary N) is 1. The van der Waals surface area contributed by atoms with Crippen molar-refractivity contribution in [1.29, 1.82) is 0 Å². The van der Waals surface area contributed by atoms with Gasteiger partial charge < -0.3 is 5.32 Å². The van der Waals surface area contributed by atoms with Gasteiger partial charge in [-0.15, -0.1) is 0 Å². The van der Waals surface area contributed by atoms with Crippen molar-refractivity contribution in [2.45, 2.75) is 12.7 Å². The van der Waals surface area contributed by atoms with Crippen LogP contribution in [0.2, 0.25) is 0 Å². The van der Waals surface area contributed by atoms with Crippen molar-refractivity contribution in [3.05, 3.63) is 35.4 Å². The molecule has 1 heterocycles. The Morgan fingerprint density at radius 1 is 1.33 bits per heavy atom. The van der Waals surface area contributed by atoms with Crippen LogP contribution in [-0.4, -0.2) is 23.1 Å². The third-order valence-corrected chi connectivity index (χ3v) is 4.23. The highest BCUT2D eigenvalue weighted by atomic mass is 32.2. The van der Waals surface area contributed by atoms with Gasteiger partial charge in [0.1, 0.15) is 0 Å². The smallest absolute Gasteiger partial charge is 0.0485 e. The highest BCUT2D eigenvalue weighted by Gasteiger charge is 2.19. The molecule has 82 valence electrons. The molecule has 1 aromatic carbocycles. The third kappa shape index (κ3) is 3.14. The third-order valence-electron chi connectivity index (χ3n) is 2.74. The van der Waals surface area contributed by atoms with E-state index in [9.17, 15) is 4.21 Å². The first-order chi connectivity index (χ1) is 7.24. The second-order valence-electron chi connectivity index (χ2n) is 4.26. The zero-order valence-electron chi connectivity index (χ0n) is 9.03. The molecule has 1 aromatic rings. The predicted molar refractivity (Wildman–Crippen MR) is 64.3 cm³/mol. The minimum Gasteiger partial charge on any atom is -0.316 e. The zero-order chi connectivity index (χ0) is 10.7. The quantitative estimate of drug-likeness (QED) is 0.837. The van der Waals surface area contributed by atoms with E-state index in [0.29, 0.717) is 11.7 Å². The van der Waals surface area contributed by atoms with E-state index in [1.165, 1.54) is 11.1 Å². The molecule has 0 aromatic heterocycles. The molecule has 1 N–H and O–H groups in total. The lowest BCUT2D eigenvalue weighted by molar-refractivity contribution is 0.382. The van der Waals surface area contributed by atoms with Gasteiger partial charge in [-0.2, -0.15) is 0 Å². The average molecular weight is 223 g/mol. The second kappa shape index (κ2) is 4.90. The highest BCUT2D eigenvalue weighted by Crippen LogP contribution is 2.10. The molecular weight excluding hydrogens is 206 g/mol. The van der Waals surface area contributed by atoms with Gasteiger partial charge in [-0.1, -0.05) is 29.8 Å². The molecular formula is C12H17NOS. The summed E-state index contributed by atoms with van der Waals surface area (Å²) in [5, 5.41) is 3.20. The molecule has 15 heavy (non-hydrogen) atoms. The number of aryl methyl sites for hydroxylation is 1. The summed E-state index contributed by atoms with van der Waals surface area (Å²) >= 11 is 0. The Balaban J connectivity index is 1.84. The maximum atomic E-state index is 11.8. The molecule has 0 aliphatic carbocycles. The van der Waals surface area contributed by atoms with Crippen LogP contribution in [0.5, 0.6) is 0 Å². The summed E-state index contributed by atoms with van der Waals surface area (Å²) in [6.07, 6.45) is 0. The predicted octanol–water partition coefficient (Wildman–Crippen LogP) is 1.46. The van der Waals surface area contributed by atoms with Gasteiger partial charge >= 0.3 is 0 Å². The fourth-order valence-electron chi connectivity index (χ4n) is 1.66. The number of hydrogen-bond donors (Lipinski definition) is 1. The summed E-state index contributed by atoms with van der Waals surface area (Å²) in [7, 11) is -0.696.